The van der Waals surface area contributed by atoms with Crippen LogP contribution in [0, 0.1) is 11.6 Å². The predicted molar refractivity (Wildman–Crippen MR) is 172 cm³/mol. The van der Waals surface area contributed by atoms with E-state index in [4.69, 9.17) is 4.74 Å². The summed E-state index contributed by atoms with van der Waals surface area (Å²) < 4.78 is 37.6. The summed E-state index contributed by atoms with van der Waals surface area (Å²) in [6, 6.07) is 15.9. The van der Waals surface area contributed by atoms with Crippen molar-refractivity contribution in [3.63, 3.8) is 0 Å². The van der Waals surface area contributed by atoms with Gasteiger partial charge in [-0.05, 0) is 54.9 Å². The summed E-state index contributed by atoms with van der Waals surface area (Å²) in [7, 11) is 1.91. The smallest absolute Gasteiger partial charge is 0.338 e. The molecule has 0 fully saturated rings. The molecule has 0 radical (unpaired) electrons. The summed E-state index contributed by atoms with van der Waals surface area (Å²) in [6.07, 6.45) is 2.23. The van der Waals surface area contributed by atoms with Crippen molar-refractivity contribution in [3.05, 3.63) is 116 Å². The van der Waals surface area contributed by atoms with Crippen LogP contribution in [0.3, 0.4) is 0 Å². The molecule has 0 unspecified atom stereocenters. The summed E-state index contributed by atoms with van der Waals surface area (Å²) in [6.45, 7) is 5.28. The number of nitrogens with zero attached hydrogens (tertiary/aromatic N) is 4. The Hall–Kier alpha value is -4.32. The number of ketones is 1. The molecule has 0 amide bonds. The van der Waals surface area contributed by atoms with Gasteiger partial charge >= 0.3 is 5.69 Å². The Bertz CT molecular complexity index is 1910. The highest BCUT2D eigenvalue weighted by molar-refractivity contribution is 7.22. The van der Waals surface area contributed by atoms with Crippen LogP contribution in [0.5, 0.6) is 0 Å². The van der Waals surface area contributed by atoms with Crippen LogP contribution in [-0.4, -0.2) is 51.6 Å². The van der Waals surface area contributed by atoms with Crippen LogP contribution in [0.25, 0.3) is 26.5 Å². The molecule has 0 N–H and O–H groups in total. The summed E-state index contributed by atoms with van der Waals surface area (Å²) in [5.74, 6) is -1.36. The fraction of sp³-hybridized carbons (Fsp3) is 0.294. The standard InChI is InChI=1S/C34H34F2N4O4S/c1-4-24(41)19-22-12-14-23(15-13-22)31-26(20-38(3)17-18-44-5-2)30-32(42)40(29-11-6-7-16-37-29)34(43)39(33(30)45-31)21-25-27(35)9-8-10-28(25)36/h6-16H,4-5,17-21H2,1-3H3. The highest BCUT2D eigenvalue weighted by Crippen LogP contribution is 2.38. The molecule has 0 spiro atoms. The lowest BCUT2D eigenvalue weighted by Gasteiger charge is -2.18. The Morgan fingerprint density at radius 3 is 2.36 bits per heavy atom. The number of aromatic nitrogens is 3. The highest BCUT2D eigenvalue weighted by atomic mass is 32.1. The van der Waals surface area contributed by atoms with E-state index in [1.807, 2.05) is 50.1 Å². The quantitative estimate of drug-likeness (QED) is 0.157. The van der Waals surface area contributed by atoms with E-state index >= 15 is 0 Å². The normalized spacial score (nSPS) is 11.5. The van der Waals surface area contributed by atoms with E-state index in [0.29, 0.717) is 49.5 Å². The number of carbonyl (C=O) groups excluding carboxylic acids is 1. The van der Waals surface area contributed by atoms with Crippen molar-refractivity contribution in [3.8, 4) is 16.3 Å². The lowest BCUT2D eigenvalue weighted by molar-refractivity contribution is -0.118. The molecule has 5 rings (SSSR count). The van der Waals surface area contributed by atoms with E-state index in [1.54, 1.807) is 18.2 Å². The average molecular weight is 633 g/mol. The molecule has 0 saturated heterocycles. The van der Waals surface area contributed by atoms with Gasteiger partial charge in [0.25, 0.3) is 5.56 Å². The predicted octanol–water partition coefficient (Wildman–Crippen LogP) is 5.59. The van der Waals surface area contributed by atoms with E-state index in [9.17, 15) is 23.2 Å². The van der Waals surface area contributed by atoms with Gasteiger partial charge in [0.15, 0.2) is 0 Å². The molecule has 3 heterocycles. The highest BCUT2D eigenvalue weighted by Gasteiger charge is 2.26. The maximum absolute atomic E-state index is 14.9. The Morgan fingerprint density at radius 2 is 1.71 bits per heavy atom. The van der Waals surface area contributed by atoms with Crippen molar-refractivity contribution >= 4 is 27.3 Å². The first-order valence-corrected chi connectivity index (χ1v) is 15.6. The summed E-state index contributed by atoms with van der Waals surface area (Å²) in [5.41, 5.74) is 0.709. The molecule has 8 nitrogen and oxygen atoms in total. The van der Waals surface area contributed by atoms with Gasteiger partial charge in [0.05, 0.1) is 18.5 Å². The monoisotopic (exact) mass is 632 g/mol. The second-order valence-corrected chi connectivity index (χ2v) is 11.7. The SMILES string of the molecule is CCOCCN(C)Cc1c(-c2ccc(CC(=O)CC)cc2)sc2c1c(=O)n(-c1ccccn1)c(=O)n2Cc1c(F)cccc1F. The number of hydrogen-bond acceptors (Lipinski definition) is 7. The van der Waals surface area contributed by atoms with Gasteiger partial charge in [-0.25, -0.2) is 23.1 Å². The lowest BCUT2D eigenvalue weighted by atomic mass is 10.0. The van der Waals surface area contributed by atoms with Gasteiger partial charge in [0, 0.05) is 49.2 Å². The largest absolute Gasteiger partial charge is 0.380 e. The number of halogens is 2. The van der Waals surface area contributed by atoms with Gasteiger partial charge in [0.1, 0.15) is 28.1 Å². The van der Waals surface area contributed by atoms with Crippen LogP contribution >= 0.6 is 11.3 Å². The molecule has 0 atom stereocenters. The number of carbonyl (C=O) groups is 1. The fourth-order valence-corrected chi connectivity index (χ4v) is 6.46. The second-order valence-electron chi connectivity index (χ2n) is 10.7. The number of pyridine rings is 1. The molecule has 0 aliphatic carbocycles. The van der Waals surface area contributed by atoms with E-state index in [-0.39, 0.29) is 22.6 Å². The third-order valence-electron chi connectivity index (χ3n) is 7.59. The molecule has 0 saturated carbocycles. The molecule has 45 heavy (non-hydrogen) atoms. The van der Waals surface area contributed by atoms with Crippen LogP contribution in [0.15, 0.2) is 76.4 Å². The van der Waals surface area contributed by atoms with Crippen molar-refractivity contribution in [1.82, 2.24) is 19.0 Å². The van der Waals surface area contributed by atoms with Crippen LogP contribution in [0.4, 0.5) is 8.78 Å². The first-order valence-electron chi connectivity index (χ1n) is 14.8. The molecule has 11 heteroatoms. The number of rotatable bonds is 13. The minimum atomic E-state index is -0.796. The van der Waals surface area contributed by atoms with Gasteiger partial charge in [-0.3, -0.25) is 19.1 Å². The second kappa shape index (κ2) is 14.2. The molecular weight excluding hydrogens is 598 g/mol. The zero-order valence-corrected chi connectivity index (χ0v) is 26.2. The van der Waals surface area contributed by atoms with Crippen molar-refractivity contribution in [2.24, 2.45) is 0 Å². The van der Waals surface area contributed by atoms with Crippen LogP contribution < -0.4 is 11.2 Å². The minimum Gasteiger partial charge on any atom is -0.380 e. The fourth-order valence-electron chi connectivity index (χ4n) is 5.16. The molecule has 234 valence electrons. The Labute approximate surface area is 263 Å². The molecule has 0 aliphatic heterocycles. The van der Waals surface area contributed by atoms with Gasteiger partial charge in [-0.15, -0.1) is 11.3 Å². The number of ether oxygens (including phenoxy) is 1. The third-order valence-corrected chi connectivity index (χ3v) is 8.89. The van der Waals surface area contributed by atoms with E-state index < -0.39 is 29.4 Å². The van der Waals surface area contributed by atoms with Gasteiger partial charge in [-0.1, -0.05) is 43.3 Å². The van der Waals surface area contributed by atoms with Gasteiger partial charge < -0.3 is 4.74 Å². The number of hydrogen-bond donors (Lipinski definition) is 0. The Kier molecular flexibility index (Phi) is 10.1. The number of fused-ring (bicyclic) bond motifs is 1. The maximum atomic E-state index is 14.9. The zero-order valence-electron chi connectivity index (χ0n) is 25.4. The van der Waals surface area contributed by atoms with Crippen molar-refractivity contribution in [2.75, 3.05) is 26.8 Å². The molecule has 0 aliphatic rings. The van der Waals surface area contributed by atoms with E-state index in [2.05, 4.69) is 4.98 Å². The molecular formula is C34H34F2N4O4S. The first kappa shape index (κ1) is 32.1. The van der Waals surface area contributed by atoms with Crippen LogP contribution in [0.2, 0.25) is 0 Å². The van der Waals surface area contributed by atoms with Crippen LogP contribution in [-0.2, 0) is 29.0 Å². The average Bonchev–Trinajstić information content (AvgIpc) is 3.40. The van der Waals surface area contributed by atoms with Gasteiger partial charge in [-0.2, -0.15) is 0 Å². The molecule has 0 bridgehead atoms. The first-order chi connectivity index (χ1) is 21.7. The minimum absolute atomic E-state index is 0.102. The maximum Gasteiger partial charge on any atom is 0.338 e. The van der Waals surface area contributed by atoms with Crippen molar-refractivity contribution in [1.29, 1.82) is 0 Å². The number of thiophene rings is 1. The zero-order chi connectivity index (χ0) is 32.1. The number of benzene rings is 2. The third kappa shape index (κ3) is 6.85. The number of likely N-dealkylation sites (N-methyl/N-ethyl adjacent to an activating group) is 1. The Morgan fingerprint density at radius 1 is 0.978 bits per heavy atom. The summed E-state index contributed by atoms with van der Waals surface area (Å²) >= 11 is 1.22. The van der Waals surface area contributed by atoms with Crippen molar-refractivity contribution < 1.29 is 18.3 Å². The van der Waals surface area contributed by atoms with Crippen molar-refractivity contribution in [2.45, 2.75) is 39.8 Å². The van der Waals surface area contributed by atoms with E-state index in [0.717, 1.165) is 32.7 Å². The summed E-state index contributed by atoms with van der Waals surface area (Å²) in [5, 5.41) is 0.269. The molecule has 5 aromatic rings. The molecule has 3 aromatic heterocycles. The number of Topliss-reactive ketones (excluding diaryl/α,β-unsaturated/α-hetero) is 1. The lowest BCUT2D eigenvalue weighted by Crippen LogP contribution is -2.39. The topological polar surface area (TPSA) is 86.4 Å². The van der Waals surface area contributed by atoms with Crippen LogP contribution in [0.1, 0.15) is 37.0 Å². The van der Waals surface area contributed by atoms with E-state index in [1.165, 1.54) is 28.2 Å². The van der Waals surface area contributed by atoms with Gasteiger partial charge in [0.2, 0.25) is 0 Å². The molecule has 2 aromatic carbocycles. The Balaban J connectivity index is 1.78. The summed E-state index contributed by atoms with van der Waals surface area (Å²) in [4.78, 5) is 47.7.